The third-order valence-electron chi connectivity index (χ3n) is 3.61. The van der Waals surface area contributed by atoms with E-state index < -0.39 is 0 Å². The second kappa shape index (κ2) is 9.33. The van der Waals surface area contributed by atoms with Gasteiger partial charge in [0.1, 0.15) is 0 Å². The lowest BCUT2D eigenvalue weighted by atomic mass is 10.2. The predicted molar refractivity (Wildman–Crippen MR) is 109 cm³/mol. The van der Waals surface area contributed by atoms with Gasteiger partial charge in [-0.25, -0.2) is 4.79 Å². The van der Waals surface area contributed by atoms with Crippen molar-refractivity contribution >= 4 is 40.4 Å². The molecular weight excluding hydrogens is 362 g/mol. The Balaban J connectivity index is 1.58. The molecule has 0 aliphatic carbocycles. The van der Waals surface area contributed by atoms with Crippen LogP contribution in [0, 0.1) is 11.8 Å². The number of carbonyl (C=O) groups is 1. The van der Waals surface area contributed by atoms with E-state index in [-0.39, 0.29) is 12.6 Å². The number of pyridine rings is 1. The summed E-state index contributed by atoms with van der Waals surface area (Å²) in [5.41, 5.74) is 1.52. The van der Waals surface area contributed by atoms with Crippen molar-refractivity contribution in [1.29, 1.82) is 0 Å². The lowest BCUT2D eigenvalue weighted by Crippen LogP contribution is -2.04. The molecule has 1 heterocycles. The van der Waals surface area contributed by atoms with E-state index in [1.54, 1.807) is 47.8 Å². The monoisotopic (exact) mass is 379 g/mol. The highest BCUT2D eigenvalue weighted by Crippen LogP contribution is 2.34. The maximum Gasteiger partial charge on any atom is 0.339 e. The van der Waals surface area contributed by atoms with Crippen molar-refractivity contribution in [2.24, 2.45) is 0 Å². The molecule has 3 rings (SSSR count). The topological polar surface area (TPSA) is 39.2 Å². The summed E-state index contributed by atoms with van der Waals surface area (Å²) in [6.45, 7) is 0.0980. The number of aromatic nitrogens is 1. The Labute approximate surface area is 161 Å². The number of nitrogens with zero attached hydrogens (tertiary/aromatic N) is 1. The minimum Gasteiger partial charge on any atom is -0.449 e. The maximum atomic E-state index is 11.8. The van der Waals surface area contributed by atoms with Crippen LogP contribution in [0.25, 0.3) is 10.9 Å². The number of carbonyl (C=O) groups excluding carboxylic acids is 1. The van der Waals surface area contributed by atoms with Crippen LogP contribution in [0.5, 0.6) is 0 Å². The minimum atomic E-state index is -0.350. The molecule has 0 fully saturated rings. The largest absolute Gasteiger partial charge is 0.449 e. The highest BCUT2D eigenvalue weighted by atomic mass is 32.2. The summed E-state index contributed by atoms with van der Waals surface area (Å²) in [7, 11) is 0. The number of fused-ring (bicyclic) bond motifs is 1. The van der Waals surface area contributed by atoms with Crippen molar-refractivity contribution in [2.75, 3.05) is 18.6 Å². The van der Waals surface area contributed by atoms with Crippen molar-refractivity contribution in [1.82, 2.24) is 4.98 Å². The van der Waals surface area contributed by atoms with Gasteiger partial charge in [-0.05, 0) is 24.5 Å². The zero-order valence-corrected chi connectivity index (χ0v) is 15.9. The van der Waals surface area contributed by atoms with Crippen LogP contribution in [-0.4, -0.2) is 29.6 Å². The summed E-state index contributed by atoms with van der Waals surface area (Å²) in [5, 5.41) is 1.14. The maximum absolute atomic E-state index is 11.8. The summed E-state index contributed by atoms with van der Waals surface area (Å²) in [6.07, 6.45) is 3.95. The van der Waals surface area contributed by atoms with Gasteiger partial charge in [0.05, 0.1) is 16.8 Å². The van der Waals surface area contributed by atoms with Crippen LogP contribution in [0.1, 0.15) is 10.4 Å². The van der Waals surface area contributed by atoms with Crippen molar-refractivity contribution in [3.63, 3.8) is 0 Å². The highest BCUT2D eigenvalue weighted by molar-refractivity contribution is 8.02. The molecule has 0 saturated heterocycles. The van der Waals surface area contributed by atoms with Gasteiger partial charge in [0.15, 0.2) is 6.61 Å². The number of para-hydroxylation sites is 1. The van der Waals surface area contributed by atoms with Crippen molar-refractivity contribution in [3.8, 4) is 11.8 Å². The number of rotatable bonds is 5. The second-order valence-corrected chi connectivity index (χ2v) is 7.09. The molecule has 0 saturated carbocycles. The van der Waals surface area contributed by atoms with Crippen LogP contribution in [0.3, 0.4) is 0 Å². The fourth-order valence-corrected chi connectivity index (χ4v) is 4.08. The molecule has 3 aromatic rings. The summed E-state index contributed by atoms with van der Waals surface area (Å²) in [5.74, 6) is 6.25. The summed E-state index contributed by atoms with van der Waals surface area (Å²) < 4.78 is 5.16. The van der Waals surface area contributed by atoms with Crippen LogP contribution < -0.4 is 0 Å². The van der Waals surface area contributed by atoms with Gasteiger partial charge in [-0.2, -0.15) is 0 Å². The average molecular weight is 380 g/mol. The predicted octanol–water partition coefficient (Wildman–Crippen LogP) is 4.91. The number of hydrogen-bond donors (Lipinski definition) is 0. The summed E-state index contributed by atoms with van der Waals surface area (Å²) in [6, 6.07) is 17.0. The number of hydrogen-bond acceptors (Lipinski definition) is 5. The van der Waals surface area contributed by atoms with Gasteiger partial charge in [-0.15, -0.1) is 23.5 Å². The van der Waals surface area contributed by atoms with E-state index in [2.05, 4.69) is 22.9 Å². The number of ether oxygens (including phenoxy) is 1. The molecule has 5 heteroatoms. The van der Waals surface area contributed by atoms with Crippen molar-refractivity contribution in [2.45, 2.75) is 9.79 Å². The van der Waals surface area contributed by atoms with E-state index in [1.165, 1.54) is 4.90 Å². The lowest BCUT2D eigenvalue weighted by Gasteiger charge is -2.08. The molecule has 0 aliphatic heterocycles. The van der Waals surface area contributed by atoms with Crippen molar-refractivity contribution < 1.29 is 9.53 Å². The van der Waals surface area contributed by atoms with Gasteiger partial charge in [-0.3, -0.25) is 4.98 Å². The average Bonchev–Trinajstić information content (AvgIpc) is 2.70. The molecule has 26 heavy (non-hydrogen) atoms. The Morgan fingerprint density at radius 3 is 2.65 bits per heavy atom. The first-order valence-electron chi connectivity index (χ1n) is 8.02. The molecule has 130 valence electrons. The zero-order valence-electron chi connectivity index (χ0n) is 14.3. The van der Waals surface area contributed by atoms with Gasteiger partial charge in [0, 0.05) is 21.4 Å². The first kappa shape index (κ1) is 18.4. The summed E-state index contributed by atoms with van der Waals surface area (Å²) in [4.78, 5) is 18.7. The molecule has 0 spiro atoms. The Kier molecular flexibility index (Phi) is 6.59. The van der Waals surface area contributed by atoms with E-state index >= 15 is 0 Å². The molecule has 1 aromatic heterocycles. The molecule has 0 unspecified atom stereocenters. The van der Waals surface area contributed by atoms with Gasteiger partial charge >= 0.3 is 5.97 Å². The fourth-order valence-electron chi connectivity index (χ4n) is 2.36. The third-order valence-corrected chi connectivity index (χ3v) is 5.51. The standard InChI is InChI=1S/C21H17NO2S2/c1-25-19-15-22-18-12-6-5-11-17(18)20(19)26-14-8-7-13-24-21(23)16-9-3-2-4-10-16/h2-6,9-12,15H,13-14H2,1H3. The number of benzene rings is 2. The molecule has 0 atom stereocenters. The highest BCUT2D eigenvalue weighted by Gasteiger charge is 2.08. The number of esters is 1. The van der Waals surface area contributed by atoms with E-state index in [1.807, 2.05) is 36.7 Å². The van der Waals surface area contributed by atoms with Crippen LogP contribution in [-0.2, 0) is 4.74 Å². The van der Waals surface area contributed by atoms with Gasteiger partial charge in [-0.1, -0.05) is 48.2 Å². The van der Waals surface area contributed by atoms with E-state index in [4.69, 9.17) is 4.74 Å². The molecule has 0 radical (unpaired) electrons. The molecule has 0 aliphatic rings. The zero-order chi connectivity index (χ0) is 18.2. The minimum absolute atomic E-state index is 0.0980. The van der Waals surface area contributed by atoms with Crippen LogP contribution >= 0.6 is 23.5 Å². The smallest absolute Gasteiger partial charge is 0.339 e. The van der Waals surface area contributed by atoms with Gasteiger partial charge in [0.2, 0.25) is 0 Å². The van der Waals surface area contributed by atoms with E-state index in [0.29, 0.717) is 11.3 Å². The Hall–Kier alpha value is -2.42. The number of thioether (sulfide) groups is 2. The van der Waals surface area contributed by atoms with Crippen LogP contribution in [0.15, 0.2) is 70.6 Å². The van der Waals surface area contributed by atoms with E-state index in [0.717, 1.165) is 15.8 Å². The second-order valence-electron chi connectivity index (χ2n) is 5.26. The Morgan fingerprint density at radius 1 is 1.08 bits per heavy atom. The lowest BCUT2D eigenvalue weighted by molar-refractivity contribution is 0.0556. The summed E-state index contributed by atoms with van der Waals surface area (Å²) >= 11 is 3.36. The Morgan fingerprint density at radius 2 is 1.85 bits per heavy atom. The first-order valence-corrected chi connectivity index (χ1v) is 10.2. The van der Waals surface area contributed by atoms with Gasteiger partial charge in [0.25, 0.3) is 0 Å². The SMILES string of the molecule is CSc1cnc2ccccc2c1SCC#CCOC(=O)c1ccccc1. The first-order chi connectivity index (χ1) is 12.8. The third kappa shape index (κ3) is 4.60. The molecule has 2 aromatic carbocycles. The normalized spacial score (nSPS) is 10.2. The molecule has 3 nitrogen and oxygen atoms in total. The Bertz CT molecular complexity index is 962. The molecule has 0 bridgehead atoms. The van der Waals surface area contributed by atoms with E-state index in [9.17, 15) is 4.79 Å². The molecule has 0 N–H and O–H groups in total. The quantitative estimate of drug-likeness (QED) is 0.358. The fraction of sp³-hybridized carbons (Fsp3) is 0.143. The van der Waals surface area contributed by atoms with Crippen molar-refractivity contribution in [3.05, 3.63) is 66.4 Å². The van der Waals surface area contributed by atoms with Crippen LogP contribution in [0.4, 0.5) is 0 Å². The van der Waals surface area contributed by atoms with Crippen LogP contribution in [0.2, 0.25) is 0 Å². The van der Waals surface area contributed by atoms with Gasteiger partial charge < -0.3 is 4.74 Å². The molecular formula is C21H17NO2S2. The molecule has 0 amide bonds.